The zero-order chi connectivity index (χ0) is 5.54. The van der Waals surface area contributed by atoms with Gasteiger partial charge in [-0.25, -0.2) is 0 Å². The fourth-order valence-corrected chi connectivity index (χ4v) is 0.604. The van der Waals surface area contributed by atoms with Gasteiger partial charge in [-0.2, -0.15) is 6.42 Å². The predicted molar refractivity (Wildman–Crippen MR) is 45.0 cm³/mol. The van der Waals surface area contributed by atoms with Crippen LogP contribution in [0, 0.1) is 6.92 Å². The second kappa shape index (κ2) is 31.2. The first-order valence-electron chi connectivity index (χ1n) is 3.21. The van der Waals surface area contributed by atoms with Crippen LogP contribution in [-0.4, -0.2) is 16.4 Å². The minimum atomic E-state index is 0. The van der Waals surface area contributed by atoms with Crippen molar-refractivity contribution in [2.75, 3.05) is 0 Å². The van der Waals surface area contributed by atoms with Gasteiger partial charge in [0, 0.05) is 21.7 Å². The number of hydrogen-bond acceptors (Lipinski definition) is 0. The smallest absolute Gasteiger partial charge is 0 e. The summed E-state index contributed by atoms with van der Waals surface area (Å²) in [7, 11) is 0. The Bertz CT molecular complexity index is 32.9. The second-order valence-electron chi connectivity index (χ2n) is 1.91. The van der Waals surface area contributed by atoms with E-state index >= 15 is 0 Å². The van der Waals surface area contributed by atoms with Crippen LogP contribution in [0.15, 0.2) is 0 Å². The minimum absolute atomic E-state index is 0. The van der Waals surface area contributed by atoms with E-state index < -0.39 is 0 Å². The third-order valence-corrected chi connectivity index (χ3v) is 1.10. The molecule has 0 aliphatic heterocycles. The van der Waals surface area contributed by atoms with Crippen molar-refractivity contribution in [1.29, 1.82) is 0 Å². The zero-order valence-corrected chi connectivity index (χ0v) is 8.80. The van der Waals surface area contributed by atoms with Gasteiger partial charge in [-0.1, -0.05) is 32.6 Å². The van der Waals surface area contributed by atoms with E-state index in [1.165, 1.54) is 25.7 Å². The van der Waals surface area contributed by atoms with Gasteiger partial charge in [0.1, 0.15) is 0 Å². The van der Waals surface area contributed by atoms with E-state index in [4.69, 9.17) is 0 Å². The molecule has 0 aromatic rings. The largest absolute Gasteiger partial charge is 0.412 e. The molecule has 11 heavy (non-hydrogen) atoms. The van der Waals surface area contributed by atoms with Gasteiger partial charge < -0.3 is 23.4 Å². The van der Waals surface area contributed by atoms with E-state index in [2.05, 4.69) is 13.8 Å². The number of hydrogen-bond donors (Lipinski definition) is 0. The van der Waals surface area contributed by atoms with E-state index in [1.807, 2.05) is 0 Å². The van der Waals surface area contributed by atoms with Crippen LogP contribution < -0.4 is 0 Å². The van der Waals surface area contributed by atoms with Crippen molar-refractivity contribution in [3.63, 3.8) is 0 Å². The van der Waals surface area contributed by atoms with Gasteiger partial charge in [-0.3, -0.25) is 0 Å². The van der Waals surface area contributed by atoms with Gasteiger partial charge in [-0.05, 0) is 0 Å². The van der Waals surface area contributed by atoms with Crippen LogP contribution in [0.5, 0.6) is 0 Å². The molecule has 72 valence electrons. The summed E-state index contributed by atoms with van der Waals surface area (Å²) in [6, 6.07) is 0. The molecule has 0 amide bonds. The Morgan fingerprint density at radius 1 is 0.909 bits per heavy atom. The molecule has 0 bridgehead atoms. The Labute approximate surface area is 84.4 Å². The molecule has 0 saturated heterocycles. The molecule has 0 unspecified atom stereocenters. The Hall–Kier alpha value is 0.594. The van der Waals surface area contributed by atoms with Crippen molar-refractivity contribution < 1.29 is 38.1 Å². The summed E-state index contributed by atoms with van der Waals surface area (Å²) >= 11 is 0. The molecule has 0 aliphatic carbocycles. The van der Waals surface area contributed by atoms with Gasteiger partial charge in [0.2, 0.25) is 0 Å². The molecule has 4 heteroatoms. The van der Waals surface area contributed by atoms with Gasteiger partial charge in [0.15, 0.2) is 0 Å². The number of rotatable bonds is 4. The molecule has 0 saturated carbocycles. The molecule has 0 atom stereocenters. The standard InChI is InChI=1S/C7H15.3H2O.Ti/c1-3-5-7-6-4-2;;;;/h1,3-7H2,2H3;3*1H2;/q-1;;;;. The maximum Gasteiger partial charge on any atom is 0 e. The van der Waals surface area contributed by atoms with E-state index in [1.54, 1.807) is 0 Å². The summed E-state index contributed by atoms with van der Waals surface area (Å²) in [5.74, 6) is 0. The summed E-state index contributed by atoms with van der Waals surface area (Å²) in [6.07, 6.45) is 6.52. The molecular weight excluding hydrogens is 180 g/mol. The molecule has 0 aromatic carbocycles. The SMILES string of the molecule is O.O.O.[CH2-]CCCCCC.[Ti]. The summed E-state index contributed by atoms with van der Waals surface area (Å²) < 4.78 is 0. The van der Waals surface area contributed by atoms with Crippen molar-refractivity contribution >= 4 is 0 Å². The van der Waals surface area contributed by atoms with Crippen molar-refractivity contribution in [2.24, 2.45) is 0 Å². The Morgan fingerprint density at radius 3 is 1.64 bits per heavy atom. The van der Waals surface area contributed by atoms with Crippen molar-refractivity contribution in [3.8, 4) is 0 Å². The summed E-state index contributed by atoms with van der Waals surface area (Å²) in [4.78, 5) is 0. The van der Waals surface area contributed by atoms with Crippen LogP contribution in [0.3, 0.4) is 0 Å². The molecule has 0 spiro atoms. The Morgan fingerprint density at radius 2 is 1.36 bits per heavy atom. The fraction of sp³-hybridized carbons (Fsp3) is 0.857. The van der Waals surface area contributed by atoms with Crippen LogP contribution in [0.25, 0.3) is 0 Å². The van der Waals surface area contributed by atoms with E-state index in [9.17, 15) is 0 Å². The first-order valence-corrected chi connectivity index (χ1v) is 3.21. The van der Waals surface area contributed by atoms with Crippen molar-refractivity contribution in [1.82, 2.24) is 0 Å². The van der Waals surface area contributed by atoms with E-state index in [0.29, 0.717) is 0 Å². The van der Waals surface area contributed by atoms with Gasteiger partial charge >= 0.3 is 0 Å². The van der Waals surface area contributed by atoms with Crippen molar-refractivity contribution in [3.05, 3.63) is 6.92 Å². The van der Waals surface area contributed by atoms with E-state index in [-0.39, 0.29) is 38.1 Å². The first-order chi connectivity index (χ1) is 3.41. The maximum atomic E-state index is 3.76. The minimum Gasteiger partial charge on any atom is -0.412 e. The maximum absolute atomic E-state index is 3.76. The molecular formula is C7H21O3Ti-. The van der Waals surface area contributed by atoms with Crippen LogP contribution in [-0.2, 0) is 21.7 Å². The third kappa shape index (κ3) is 37.1. The summed E-state index contributed by atoms with van der Waals surface area (Å²) in [6.45, 7) is 5.98. The second-order valence-corrected chi connectivity index (χ2v) is 1.91. The molecule has 0 heterocycles. The molecule has 6 N–H and O–H groups in total. The normalized spacial score (nSPS) is 6.00. The molecule has 0 fully saturated rings. The van der Waals surface area contributed by atoms with Gasteiger partial charge in [0.05, 0.1) is 0 Å². The monoisotopic (exact) mass is 201 g/mol. The average molecular weight is 201 g/mol. The quantitative estimate of drug-likeness (QED) is 0.355. The Balaban J connectivity index is -0.0000000300. The molecule has 0 aliphatic rings. The van der Waals surface area contributed by atoms with Crippen molar-refractivity contribution in [2.45, 2.75) is 39.0 Å². The van der Waals surface area contributed by atoms with Crippen LogP contribution in [0.4, 0.5) is 0 Å². The molecule has 0 radical (unpaired) electrons. The third-order valence-electron chi connectivity index (χ3n) is 1.10. The topological polar surface area (TPSA) is 94.5 Å². The molecule has 0 aromatic heterocycles. The number of unbranched alkanes of at least 4 members (excludes halogenated alkanes) is 4. The Kier molecular flexibility index (Phi) is 84.8. The fourth-order valence-electron chi connectivity index (χ4n) is 0.604. The van der Waals surface area contributed by atoms with Gasteiger partial charge in [-0.15, -0.1) is 0 Å². The summed E-state index contributed by atoms with van der Waals surface area (Å²) in [5.41, 5.74) is 0. The molecule has 0 rings (SSSR count). The average Bonchev–Trinajstić information content (AvgIpc) is 1.69. The molecule has 3 nitrogen and oxygen atoms in total. The van der Waals surface area contributed by atoms with Crippen LogP contribution in [0.1, 0.15) is 39.0 Å². The van der Waals surface area contributed by atoms with Gasteiger partial charge in [0.25, 0.3) is 0 Å². The van der Waals surface area contributed by atoms with Crippen LogP contribution >= 0.6 is 0 Å². The van der Waals surface area contributed by atoms with E-state index in [0.717, 1.165) is 6.42 Å². The summed E-state index contributed by atoms with van der Waals surface area (Å²) in [5, 5.41) is 0. The zero-order valence-electron chi connectivity index (χ0n) is 7.24. The first kappa shape index (κ1) is 29.9. The predicted octanol–water partition coefficient (Wildman–Crippen LogP) is 0.314. The van der Waals surface area contributed by atoms with Crippen LogP contribution in [0.2, 0.25) is 0 Å².